The minimum Gasteiger partial charge on any atom is -0.335 e. The number of piperazine rings is 1. The third-order valence-corrected chi connectivity index (χ3v) is 4.83. The Balaban J connectivity index is 1.53. The Morgan fingerprint density at radius 2 is 1.69 bits per heavy atom. The van der Waals surface area contributed by atoms with Crippen molar-refractivity contribution in [2.24, 2.45) is 0 Å². The standard InChI is InChI=1S/C19H19F2N7O/c20-19(21)28-24-17(23-25-28)16(14-6-2-1-3-7-14)26-10-12-27(13-11-26)18(29)15-8-4-5-9-22-15/h1-9,16,19H,10-13H2/t16-/m1/s1. The minimum atomic E-state index is -2.85. The summed E-state index contributed by atoms with van der Waals surface area (Å²) < 4.78 is 25.8. The largest absolute Gasteiger partial charge is 0.350 e. The van der Waals surface area contributed by atoms with Crippen molar-refractivity contribution in [3.8, 4) is 0 Å². The second kappa shape index (κ2) is 8.39. The molecule has 1 fully saturated rings. The van der Waals surface area contributed by atoms with Gasteiger partial charge in [0.2, 0.25) is 0 Å². The Hall–Kier alpha value is -3.27. The van der Waals surface area contributed by atoms with Gasteiger partial charge in [-0.1, -0.05) is 41.2 Å². The molecule has 1 aliphatic heterocycles. The topological polar surface area (TPSA) is 80.0 Å². The van der Waals surface area contributed by atoms with Crippen molar-refractivity contribution in [2.45, 2.75) is 12.6 Å². The molecular weight excluding hydrogens is 380 g/mol. The van der Waals surface area contributed by atoms with Crippen LogP contribution in [0, 0.1) is 0 Å². The van der Waals surface area contributed by atoms with Crippen LogP contribution in [0.1, 0.15) is 34.5 Å². The van der Waals surface area contributed by atoms with Gasteiger partial charge < -0.3 is 4.90 Å². The van der Waals surface area contributed by atoms with Gasteiger partial charge in [0, 0.05) is 32.4 Å². The van der Waals surface area contributed by atoms with E-state index in [4.69, 9.17) is 0 Å². The molecule has 10 heteroatoms. The summed E-state index contributed by atoms with van der Waals surface area (Å²) in [6.45, 7) is -0.785. The average Bonchev–Trinajstić information content (AvgIpc) is 3.25. The molecule has 3 heterocycles. The Labute approximate surface area is 165 Å². The van der Waals surface area contributed by atoms with E-state index in [1.807, 2.05) is 30.3 Å². The predicted octanol–water partition coefficient (Wildman–Crippen LogP) is 2.01. The van der Waals surface area contributed by atoms with E-state index in [0.717, 1.165) is 5.56 Å². The molecule has 0 N–H and O–H groups in total. The van der Waals surface area contributed by atoms with Gasteiger partial charge in [-0.15, -0.1) is 10.2 Å². The number of pyridine rings is 1. The number of aromatic nitrogens is 5. The smallest absolute Gasteiger partial charge is 0.335 e. The van der Waals surface area contributed by atoms with Crippen molar-refractivity contribution in [3.05, 3.63) is 71.8 Å². The van der Waals surface area contributed by atoms with Crippen LogP contribution in [0.5, 0.6) is 0 Å². The molecular formula is C19H19F2N7O. The number of alkyl halides is 2. The van der Waals surface area contributed by atoms with Crippen molar-refractivity contribution in [2.75, 3.05) is 26.2 Å². The van der Waals surface area contributed by atoms with Gasteiger partial charge >= 0.3 is 6.55 Å². The lowest BCUT2D eigenvalue weighted by molar-refractivity contribution is 0.0385. The summed E-state index contributed by atoms with van der Waals surface area (Å²) in [5, 5.41) is 11.2. The molecule has 1 aromatic carbocycles. The zero-order valence-corrected chi connectivity index (χ0v) is 15.5. The number of amides is 1. The fourth-order valence-corrected chi connectivity index (χ4v) is 3.42. The number of halogens is 2. The summed E-state index contributed by atoms with van der Waals surface area (Å²) in [5.41, 5.74) is 1.29. The molecule has 0 radical (unpaired) electrons. The lowest BCUT2D eigenvalue weighted by atomic mass is 10.0. The molecule has 3 aromatic rings. The quantitative estimate of drug-likeness (QED) is 0.653. The zero-order valence-electron chi connectivity index (χ0n) is 15.5. The van der Waals surface area contributed by atoms with Crippen LogP contribution < -0.4 is 0 Å². The van der Waals surface area contributed by atoms with Gasteiger partial charge in [-0.05, 0) is 22.9 Å². The summed E-state index contributed by atoms with van der Waals surface area (Å²) in [5.74, 6) is 0.0873. The molecule has 1 atom stereocenters. The van der Waals surface area contributed by atoms with E-state index >= 15 is 0 Å². The van der Waals surface area contributed by atoms with E-state index in [9.17, 15) is 13.6 Å². The van der Waals surface area contributed by atoms with Crippen LogP contribution in [0.15, 0.2) is 54.7 Å². The summed E-state index contributed by atoms with van der Waals surface area (Å²) in [6, 6.07) is 14.2. The summed E-state index contributed by atoms with van der Waals surface area (Å²) in [4.78, 5) is 20.9. The molecule has 1 saturated heterocycles. The van der Waals surface area contributed by atoms with Crippen LogP contribution in [-0.2, 0) is 0 Å². The number of hydrogen-bond acceptors (Lipinski definition) is 6. The van der Waals surface area contributed by atoms with Crippen LogP contribution in [0.4, 0.5) is 8.78 Å². The number of hydrogen-bond donors (Lipinski definition) is 0. The van der Waals surface area contributed by atoms with Gasteiger partial charge in [-0.25, -0.2) is 0 Å². The predicted molar refractivity (Wildman–Crippen MR) is 99.1 cm³/mol. The van der Waals surface area contributed by atoms with Gasteiger partial charge in [0.15, 0.2) is 5.82 Å². The number of benzene rings is 1. The van der Waals surface area contributed by atoms with E-state index in [1.165, 1.54) is 0 Å². The number of carbonyl (C=O) groups excluding carboxylic acids is 1. The van der Waals surface area contributed by atoms with E-state index in [2.05, 4.69) is 25.3 Å². The lowest BCUT2D eigenvalue weighted by Crippen LogP contribution is -2.50. The summed E-state index contributed by atoms with van der Waals surface area (Å²) >= 11 is 0. The number of carbonyl (C=O) groups is 1. The summed E-state index contributed by atoms with van der Waals surface area (Å²) in [7, 11) is 0. The van der Waals surface area contributed by atoms with Crippen molar-refractivity contribution < 1.29 is 13.6 Å². The molecule has 0 spiro atoms. The number of rotatable bonds is 5. The highest BCUT2D eigenvalue weighted by Crippen LogP contribution is 2.27. The normalized spacial score (nSPS) is 16.2. The molecule has 150 valence electrons. The Kier molecular flexibility index (Phi) is 5.52. The van der Waals surface area contributed by atoms with Gasteiger partial charge in [-0.3, -0.25) is 14.7 Å². The second-order valence-corrected chi connectivity index (χ2v) is 6.60. The van der Waals surface area contributed by atoms with Crippen LogP contribution in [0.25, 0.3) is 0 Å². The Morgan fingerprint density at radius 3 is 2.31 bits per heavy atom. The van der Waals surface area contributed by atoms with Crippen LogP contribution in [0.3, 0.4) is 0 Å². The third kappa shape index (κ3) is 4.11. The van der Waals surface area contributed by atoms with E-state index in [0.29, 0.717) is 36.7 Å². The van der Waals surface area contributed by atoms with Crippen LogP contribution in [0.2, 0.25) is 0 Å². The van der Waals surface area contributed by atoms with E-state index in [-0.39, 0.29) is 11.7 Å². The molecule has 1 aliphatic rings. The number of tetrazole rings is 1. The molecule has 2 aromatic heterocycles. The van der Waals surface area contributed by atoms with E-state index in [1.54, 1.807) is 29.3 Å². The van der Waals surface area contributed by atoms with E-state index < -0.39 is 12.6 Å². The first-order valence-corrected chi connectivity index (χ1v) is 9.20. The SMILES string of the molecule is O=C(c1ccccn1)N1CCN([C@H](c2ccccc2)c2nnn(C(F)F)n2)CC1. The molecule has 0 aliphatic carbocycles. The Morgan fingerprint density at radius 1 is 0.966 bits per heavy atom. The highest BCUT2D eigenvalue weighted by molar-refractivity contribution is 5.92. The zero-order chi connectivity index (χ0) is 20.2. The molecule has 0 unspecified atom stereocenters. The Bertz CT molecular complexity index is 943. The fourth-order valence-electron chi connectivity index (χ4n) is 3.42. The molecule has 1 amide bonds. The molecule has 29 heavy (non-hydrogen) atoms. The lowest BCUT2D eigenvalue weighted by Gasteiger charge is -2.38. The molecule has 8 nitrogen and oxygen atoms in total. The van der Waals surface area contributed by atoms with Crippen molar-refractivity contribution in [1.29, 1.82) is 0 Å². The van der Waals surface area contributed by atoms with Gasteiger partial charge in [0.05, 0.1) is 6.04 Å². The first kappa shape index (κ1) is 19.1. The fraction of sp³-hybridized carbons (Fsp3) is 0.316. The maximum atomic E-state index is 12.9. The molecule has 4 rings (SSSR count). The van der Waals surface area contributed by atoms with Crippen molar-refractivity contribution >= 4 is 5.91 Å². The monoisotopic (exact) mass is 399 g/mol. The molecule has 0 bridgehead atoms. The summed E-state index contributed by atoms with van der Waals surface area (Å²) in [6.07, 6.45) is 1.59. The first-order valence-electron chi connectivity index (χ1n) is 9.20. The van der Waals surface area contributed by atoms with Gasteiger partial charge in [-0.2, -0.15) is 8.78 Å². The minimum absolute atomic E-state index is 0.122. The maximum absolute atomic E-state index is 12.9. The third-order valence-electron chi connectivity index (χ3n) is 4.83. The average molecular weight is 399 g/mol. The highest BCUT2D eigenvalue weighted by Gasteiger charge is 2.32. The first-order chi connectivity index (χ1) is 14.1. The highest BCUT2D eigenvalue weighted by atomic mass is 19.3. The maximum Gasteiger partial charge on any atom is 0.350 e. The number of nitrogens with zero attached hydrogens (tertiary/aromatic N) is 7. The molecule has 0 saturated carbocycles. The van der Waals surface area contributed by atoms with Gasteiger partial charge in [0.1, 0.15) is 5.69 Å². The van der Waals surface area contributed by atoms with Crippen LogP contribution in [-0.4, -0.2) is 67.1 Å². The van der Waals surface area contributed by atoms with Crippen molar-refractivity contribution in [3.63, 3.8) is 0 Å². The van der Waals surface area contributed by atoms with Crippen LogP contribution >= 0.6 is 0 Å². The van der Waals surface area contributed by atoms with Crippen molar-refractivity contribution in [1.82, 2.24) is 35.0 Å². The second-order valence-electron chi connectivity index (χ2n) is 6.60. The van der Waals surface area contributed by atoms with Gasteiger partial charge in [0.25, 0.3) is 5.91 Å².